The van der Waals surface area contributed by atoms with Gasteiger partial charge in [0, 0.05) is 24.1 Å². The molecule has 27 heavy (non-hydrogen) atoms. The van der Waals surface area contributed by atoms with Crippen molar-refractivity contribution >= 4 is 35.3 Å². The molecular formula is C18H18N4O3S2. The van der Waals surface area contributed by atoms with Crippen LogP contribution in [0.4, 0.5) is 0 Å². The van der Waals surface area contributed by atoms with Gasteiger partial charge in [-0.25, -0.2) is 0 Å². The normalized spacial score (nSPS) is 21.3. The Kier molecular flexibility index (Phi) is 6.32. The number of methoxy groups -OCH3 is 1. The number of allylic oxidation sites excluding steroid dienone is 1. The molecule has 2 heterocycles. The van der Waals surface area contributed by atoms with Crippen LogP contribution in [0.2, 0.25) is 0 Å². The molecule has 0 aliphatic carbocycles. The molecule has 3 N–H and O–H groups in total. The number of carbonyl (C=O) groups is 2. The van der Waals surface area contributed by atoms with E-state index in [2.05, 4.69) is 22.0 Å². The Bertz CT molecular complexity index is 839. The van der Waals surface area contributed by atoms with Crippen LogP contribution >= 0.6 is 23.5 Å². The van der Waals surface area contributed by atoms with Gasteiger partial charge < -0.3 is 20.7 Å². The molecule has 0 fully saturated rings. The van der Waals surface area contributed by atoms with E-state index in [0.29, 0.717) is 16.4 Å². The van der Waals surface area contributed by atoms with Crippen LogP contribution in [0.25, 0.3) is 0 Å². The molecule has 2 aliphatic heterocycles. The number of hydrogen-bond acceptors (Lipinski definition) is 7. The first-order valence-corrected chi connectivity index (χ1v) is 10.1. The molecule has 2 amide bonds. The molecule has 0 spiro atoms. The van der Waals surface area contributed by atoms with Crippen LogP contribution < -0.4 is 20.7 Å². The van der Waals surface area contributed by atoms with Gasteiger partial charge in [0.1, 0.15) is 5.75 Å². The molecule has 0 aromatic heterocycles. The number of carbonyl (C=O) groups excluding carboxylic acids is 2. The lowest BCUT2D eigenvalue weighted by atomic mass is 9.86. The first-order valence-electron chi connectivity index (χ1n) is 8.18. The zero-order chi connectivity index (χ0) is 19.2. The van der Waals surface area contributed by atoms with Crippen molar-refractivity contribution in [2.24, 2.45) is 0 Å². The zero-order valence-corrected chi connectivity index (χ0v) is 16.2. The van der Waals surface area contributed by atoms with Crippen molar-refractivity contribution in [3.63, 3.8) is 0 Å². The van der Waals surface area contributed by atoms with Crippen LogP contribution in [0.3, 0.4) is 0 Å². The van der Waals surface area contributed by atoms with Gasteiger partial charge in [-0.1, -0.05) is 41.7 Å². The van der Waals surface area contributed by atoms with E-state index in [1.807, 2.05) is 23.6 Å². The van der Waals surface area contributed by atoms with E-state index in [-0.39, 0.29) is 29.5 Å². The first-order chi connectivity index (χ1) is 13.1. The highest BCUT2D eigenvalue weighted by atomic mass is 32.2. The zero-order valence-electron chi connectivity index (χ0n) is 14.5. The molecule has 2 atom stereocenters. The molecule has 2 aliphatic rings. The predicted molar refractivity (Wildman–Crippen MR) is 105 cm³/mol. The average Bonchev–Trinajstić information content (AvgIpc) is 3.18. The Labute approximate surface area is 165 Å². The molecule has 0 saturated heterocycles. The number of nitrogens with one attached hydrogen (secondary N) is 3. The third-order valence-electron chi connectivity index (χ3n) is 4.04. The van der Waals surface area contributed by atoms with Gasteiger partial charge in [0.25, 0.3) is 0 Å². The van der Waals surface area contributed by atoms with E-state index in [9.17, 15) is 14.9 Å². The lowest BCUT2D eigenvalue weighted by Gasteiger charge is -2.26. The number of nitriles is 1. The van der Waals surface area contributed by atoms with Crippen molar-refractivity contribution in [2.45, 2.75) is 17.8 Å². The Morgan fingerprint density at radius 3 is 3.00 bits per heavy atom. The van der Waals surface area contributed by atoms with Gasteiger partial charge in [-0.2, -0.15) is 5.26 Å². The minimum atomic E-state index is -0.401. The summed E-state index contributed by atoms with van der Waals surface area (Å²) in [7, 11) is 1.56. The highest BCUT2D eigenvalue weighted by Gasteiger charge is 2.31. The second-order valence-electron chi connectivity index (χ2n) is 5.74. The van der Waals surface area contributed by atoms with Gasteiger partial charge in [0.2, 0.25) is 11.8 Å². The summed E-state index contributed by atoms with van der Waals surface area (Å²) >= 11 is 2.61. The number of hydrogen-bond donors (Lipinski definition) is 3. The Morgan fingerprint density at radius 2 is 2.30 bits per heavy atom. The standard InChI is InChI=1S/C18H18N4O3S2/c1-25-14-5-3-2-4-11(14)12-8-15(23)21-17(13(12)9-19)27-10-16(24)22-18-20-6-7-26-18/h2-7,12,18,20H,8,10H2,1H3,(H,21,23)(H,22,24). The monoisotopic (exact) mass is 402 g/mol. The van der Waals surface area contributed by atoms with Gasteiger partial charge in [-0.15, -0.1) is 0 Å². The van der Waals surface area contributed by atoms with Crippen molar-refractivity contribution in [1.82, 2.24) is 16.0 Å². The minimum absolute atomic E-state index is 0.0954. The van der Waals surface area contributed by atoms with E-state index < -0.39 is 5.92 Å². The van der Waals surface area contributed by atoms with Gasteiger partial charge in [-0.05, 0) is 11.5 Å². The van der Waals surface area contributed by atoms with E-state index >= 15 is 0 Å². The summed E-state index contributed by atoms with van der Waals surface area (Å²) < 4.78 is 5.38. The molecule has 140 valence electrons. The van der Waals surface area contributed by atoms with E-state index in [0.717, 1.165) is 17.3 Å². The fourth-order valence-corrected chi connectivity index (χ4v) is 4.40. The second-order valence-corrected chi connectivity index (χ2v) is 7.74. The number of amides is 2. The van der Waals surface area contributed by atoms with Gasteiger partial charge in [-0.3, -0.25) is 9.59 Å². The number of ether oxygens (including phenoxy) is 1. The smallest absolute Gasteiger partial charge is 0.232 e. The van der Waals surface area contributed by atoms with Crippen molar-refractivity contribution in [1.29, 1.82) is 5.26 Å². The average molecular weight is 403 g/mol. The van der Waals surface area contributed by atoms with Crippen molar-refractivity contribution in [2.75, 3.05) is 12.9 Å². The van der Waals surface area contributed by atoms with Gasteiger partial charge >= 0.3 is 0 Å². The van der Waals surface area contributed by atoms with E-state index in [1.165, 1.54) is 11.8 Å². The summed E-state index contributed by atoms with van der Waals surface area (Å²) in [5.41, 5.74) is 1.03. The Morgan fingerprint density at radius 1 is 1.48 bits per heavy atom. The molecule has 1 aromatic carbocycles. The highest BCUT2D eigenvalue weighted by Crippen LogP contribution is 2.39. The topological polar surface area (TPSA) is 103 Å². The van der Waals surface area contributed by atoms with E-state index in [4.69, 9.17) is 4.74 Å². The molecule has 7 nitrogen and oxygen atoms in total. The maximum atomic E-state index is 12.2. The van der Waals surface area contributed by atoms with Crippen molar-refractivity contribution in [3.8, 4) is 11.8 Å². The van der Waals surface area contributed by atoms with E-state index in [1.54, 1.807) is 19.4 Å². The SMILES string of the molecule is COc1ccccc1C1CC(=O)NC(SCC(=O)NC2NC=CS2)=C1C#N. The fraction of sp³-hybridized carbons (Fsp3) is 0.278. The summed E-state index contributed by atoms with van der Waals surface area (Å²) in [4.78, 5) is 24.3. The summed E-state index contributed by atoms with van der Waals surface area (Å²) in [6.45, 7) is 0. The summed E-state index contributed by atoms with van der Waals surface area (Å²) in [5, 5.41) is 20.5. The molecule has 0 bridgehead atoms. The number of para-hydroxylation sites is 1. The first kappa shape index (κ1) is 19.2. The van der Waals surface area contributed by atoms with Crippen LogP contribution in [-0.4, -0.2) is 30.2 Å². The van der Waals surface area contributed by atoms with Crippen LogP contribution in [0.1, 0.15) is 17.9 Å². The van der Waals surface area contributed by atoms with Crippen LogP contribution in [-0.2, 0) is 9.59 Å². The molecular weight excluding hydrogens is 384 g/mol. The predicted octanol–water partition coefficient (Wildman–Crippen LogP) is 1.97. The maximum Gasteiger partial charge on any atom is 0.232 e. The molecule has 2 unspecified atom stereocenters. The Balaban J connectivity index is 1.77. The maximum absolute atomic E-state index is 12.2. The summed E-state index contributed by atoms with van der Waals surface area (Å²) in [5.74, 6) is -0.0548. The number of thioether (sulfide) groups is 2. The third-order valence-corrected chi connectivity index (χ3v) is 5.88. The summed E-state index contributed by atoms with van der Waals surface area (Å²) in [6.07, 6.45) is 1.92. The molecule has 0 saturated carbocycles. The fourth-order valence-electron chi connectivity index (χ4n) is 2.84. The van der Waals surface area contributed by atoms with Gasteiger partial charge in [0.15, 0.2) is 5.50 Å². The third kappa shape index (κ3) is 4.59. The number of benzene rings is 1. The quantitative estimate of drug-likeness (QED) is 0.668. The van der Waals surface area contributed by atoms with Crippen molar-refractivity contribution in [3.05, 3.63) is 52.0 Å². The largest absolute Gasteiger partial charge is 0.496 e. The Hall–Kier alpha value is -2.57. The molecule has 9 heteroatoms. The van der Waals surface area contributed by atoms with Crippen LogP contribution in [0.5, 0.6) is 5.75 Å². The molecule has 1 aromatic rings. The number of nitrogens with zero attached hydrogens (tertiary/aromatic N) is 1. The summed E-state index contributed by atoms with van der Waals surface area (Å²) in [6, 6.07) is 9.54. The van der Waals surface area contributed by atoms with Crippen molar-refractivity contribution < 1.29 is 14.3 Å². The second kappa shape index (κ2) is 8.88. The molecule has 3 rings (SSSR count). The van der Waals surface area contributed by atoms with Crippen LogP contribution in [0.15, 0.2) is 46.5 Å². The lowest BCUT2D eigenvalue weighted by Crippen LogP contribution is -2.40. The highest BCUT2D eigenvalue weighted by molar-refractivity contribution is 8.03. The molecule has 0 radical (unpaired) electrons. The van der Waals surface area contributed by atoms with Gasteiger partial charge in [0.05, 0.1) is 29.5 Å². The minimum Gasteiger partial charge on any atom is -0.496 e. The number of rotatable bonds is 6. The van der Waals surface area contributed by atoms with Crippen LogP contribution in [0, 0.1) is 11.3 Å². The lowest BCUT2D eigenvalue weighted by molar-refractivity contribution is -0.121.